The molecule has 0 saturated heterocycles. The summed E-state index contributed by atoms with van der Waals surface area (Å²) in [5.41, 5.74) is 2.18. The van der Waals surface area contributed by atoms with Crippen LogP contribution in [-0.4, -0.2) is 46.6 Å². The van der Waals surface area contributed by atoms with E-state index in [-0.39, 0.29) is 5.91 Å². The molecular formula is C16H18N8OS. The number of hydrogen-bond acceptors (Lipinski definition) is 7. The summed E-state index contributed by atoms with van der Waals surface area (Å²) in [5, 5.41) is 19.4. The Balaban J connectivity index is 1.23. The molecule has 26 heavy (non-hydrogen) atoms. The first kappa shape index (κ1) is 16.7. The first-order valence-corrected chi connectivity index (χ1v) is 9.34. The maximum absolute atomic E-state index is 12.1. The smallest absolute Gasteiger partial charge is 0.230 e. The minimum Gasteiger partial charge on any atom is -0.351 e. The van der Waals surface area contributed by atoms with Crippen molar-refractivity contribution in [3.05, 3.63) is 48.0 Å². The third kappa shape index (κ3) is 4.26. The molecule has 10 heteroatoms. The quantitative estimate of drug-likeness (QED) is 0.591. The Morgan fingerprint density at radius 3 is 2.77 bits per heavy atom. The molecule has 1 aromatic carbocycles. The van der Waals surface area contributed by atoms with Gasteiger partial charge in [0.1, 0.15) is 12.7 Å². The predicted octanol–water partition coefficient (Wildman–Crippen LogP) is 1.06. The van der Waals surface area contributed by atoms with Crippen molar-refractivity contribution in [1.29, 1.82) is 0 Å². The number of carbonyl (C=O) groups excluding carboxylic acids is 1. The lowest BCUT2D eigenvalue weighted by Gasteiger charge is -2.07. The summed E-state index contributed by atoms with van der Waals surface area (Å²) in [7, 11) is 0. The highest BCUT2D eigenvalue weighted by Gasteiger charge is 2.28. The fraction of sp³-hybridized carbons (Fsp3) is 0.375. The van der Waals surface area contributed by atoms with Gasteiger partial charge in [-0.15, -0.1) is 5.10 Å². The van der Waals surface area contributed by atoms with Gasteiger partial charge in [0.15, 0.2) is 0 Å². The number of carbonyl (C=O) groups is 1. The van der Waals surface area contributed by atoms with Crippen LogP contribution in [0.15, 0.2) is 42.1 Å². The van der Waals surface area contributed by atoms with E-state index in [0.29, 0.717) is 30.0 Å². The lowest BCUT2D eigenvalue weighted by molar-refractivity contribution is -0.118. The Kier molecular flexibility index (Phi) is 4.91. The minimum atomic E-state index is -0.0351. The fourth-order valence-corrected chi connectivity index (χ4v) is 3.25. The maximum atomic E-state index is 12.1. The number of amides is 1. The molecule has 1 saturated carbocycles. The van der Waals surface area contributed by atoms with E-state index in [4.69, 9.17) is 0 Å². The molecule has 1 amide bonds. The molecule has 1 N–H and O–H groups in total. The SMILES string of the molecule is O=C(CSc1nnnn1C1CC1)NCc1ccc(Cn2cncn2)cc1. The zero-order valence-electron chi connectivity index (χ0n) is 14.0. The third-order valence-electron chi connectivity index (χ3n) is 4.01. The molecule has 134 valence electrons. The third-order valence-corrected chi connectivity index (χ3v) is 4.94. The van der Waals surface area contributed by atoms with Crippen molar-refractivity contribution in [2.45, 2.75) is 37.1 Å². The highest BCUT2D eigenvalue weighted by molar-refractivity contribution is 7.99. The van der Waals surface area contributed by atoms with Gasteiger partial charge in [-0.25, -0.2) is 14.3 Å². The summed E-state index contributed by atoms with van der Waals surface area (Å²) in [6.07, 6.45) is 5.42. The second-order valence-electron chi connectivity index (χ2n) is 6.11. The van der Waals surface area contributed by atoms with E-state index >= 15 is 0 Å². The number of hydrogen-bond donors (Lipinski definition) is 1. The van der Waals surface area contributed by atoms with E-state index in [9.17, 15) is 4.79 Å². The van der Waals surface area contributed by atoms with Crippen molar-refractivity contribution in [2.24, 2.45) is 0 Å². The van der Waals surface area contributed by atoms with Gasteiger partial charge in [-0.1, -0.05) is 36.0 Å². The summed E-state index contributed by atoms with van der Waals surface area (Å²) in [6, 6.07) is 8.48. The second-order valence-corrected chi connectivity index (χ2v) is 7.05. The lowest BCUT2D eigenvalue weighted by Crippen LogP contribution is -2.24. The standard InChI is InChI=1S/C16H18N8OS/c25-15(9-26-16-20-21-22-24(16)14-5-6-14)18-7-12-1-3-13(4-2-12)8-23-11-17-10-19-23/h1-4,10-11,14H,5-9H2,(H,18,25). The van der Waals surface area contributed by atoms with Gasteiger partial charge in [0.25, 0.3) is 0 Å². The Labute approximate surface area is 154 Å². The van der Waals surface area contributed by atoms with Gasteiger partial charge in [0, 0.05) is 6.54 Å². The van der Waals surface area contributed by atoms with Gasteiger partial charge < -0.3 is 5.32 Å². The van der Waals surface area contributed by atoms with Gasteiger partial charge in [-0.3, -0.25) is 4.79 Å². The number of rotatable bonds is 8. The van der Waals surface area contributed by atoms with Crippen molar-refractivity contribution in [3.63, 3.8) is 0 Å². The van der Waals surface area contributed by atoms with Crippen LogP contribution in [0.3, 0.4) is 0 Å². The molecule has 2 heterocycles. The van der Waals surface area contributed by atoms with Crippen molar-refractivity contribution < 1.29 is 4.79 Å². The van der Waals surface area contributed by atoms with Gasteiger partial charge in [0.2, 0.25) is 11.1 Å². The maximum Gasteiger partial charge on any atom is 0.230 e. The van der Waals surface area contributed by atoms with Crippen molar-refractivity contribution in [2.75, 3.05) is 5.75 Å². The van der Waals surface area contributed by atoms with Crippen molar-refractivity contribution in [1.82, 2.24) is 40.3 Å². The largest absolute Gasteiger partial charge is 0.351 e. The van der Waals surface area contributed by atoms with Gasteiger partial charge in [0.05, 0.1) is 18.3 Å². The summed E-state index contributed by atoms with van der Waals surface area (Å²) < 4.78 is 3.58. The van der Waals surface area contributed by atoms with Crippen LogP contribution in [0.1, 0.15) is 30.0 Å². The predicted molar refractivity (Wildman–Crippen MR) is 94.2 cm³/mol. The van der Waals surface area contributed by atoms with Crippen LogP contribution in [0.5, 0.6) is 0 Å². The Morgan fingerprint density at radius 1 is 1.23 bits per heavy atom. The van der Waals surface area contributed by atoms with E-state index in [1.165, 1.54) is 18.1 Å². The molecule has 1 aliphatic carbocycles. The fourth-order valence-electron chi connectivity index (χ4n) is 2.47. The van der Waals surface area contributed by atoms with E-state index < -0.39 is 0 Å². The highest BCUT2D eigenvalue weighted by atomic mass is 32.2. The molecule has 3 aromatic rings. The van der Waals surface area contributed by atoms with Crippen LogP contribution in [-0.2, 0) is 17.9 Å². The second kappa shape index (κ2) is 7.65. The van der Waals surface area contributed by atoms with E-state index in [1.54, 1.807) is 11.0 Å². The van der Waals surface area contributed by atoms with E-state index in [1.807, 2.05) is 28.9 Å². The van der Waals surface area contributed by atoms with Crippen molar-refractivity contribution in [3.8, 4) is 0 Å². The monoisotopic (exact) mass is 370 g/mol. The number of benzene rings is 1. The molecule has 0 atom stereocenters. The molecule has 0 unspecified atom stereocenters. The normalized spacial score (nSPS) is 13.7. The highest BCUT2D eigenvalue weighted by Crippen LogP contribution is 2.36. The lowest BCUT2D eigenvalue weighted by atomic mass is 10.1. The van der Waals surface area contributed by atoms with Gasteiger partial charge >= 0.3 is 0 Å². The number of thioether (sulfide) groups is 1. The Hall–Kier alpha value is -2.75. The molecule has 9 nitrogen and oxygen atoms in total. The molecular weight excluding hydrogens is 352 g/mol. The molecule has 4 rings (SSSR count). The molecule has 0 spiro atoms. The summed E-state index contributed by atoms with van der Waals surface area (Å²) in [5.74, 6) is 0.268. The zero-order chi connectivity index (χ0) is 17.8. The van der Waals surface area contributed by atoms with Gasteiger partial charge in [-0.2, -0.15) is 5.10 Å². The van der Waals surface area contributed by atoms with Crippen molar-refractivity contribution >= 4 is 17.7 Å². The molecule has 0 bridgehead atoms. The molecule has 0 radical (unpaired) electrons. The number of nitrogens with zero attached hydrogens (tertiary/aromatic N) is 7. The Bertz CT molecular complexity index is 857. The zero-order valence-corrected chi connectivity index (χ0v) is 14.8. The van der Waals surface area contributed by atoms with Crippen LogP contribution in [0, 0.1) is 0 Å². The van der Waals surface area contributed by atoms with Gasteiger partial charge in [-0.05, 0) is 34.4 Å². The van der Waals surface area contributed by atoms with Crippen LogP contribution in [0.2, 0.25) is 0 Å². The summed E-state index contributed by atoms with van der Waals surface area (Å²) in [4.78, 5) is 16.0. The average Bonchev–Trinajstić information content (AvgIpc) is 3.17. The first-order valence-electron chi connectivity index (χ1n) is 8.35. The van der Waals surface area contributed by atoms with Crippen LogP contribution < -0.4 is 5.32 Å². The summed E-state index contributed by atoms with van der Waals surface area (Å²) in [6.45, 7) is 1.18. The number of nitrogens with one attached hydrogen (secondary N) is 1. The molecule has 2 aromatic heterocycles. The molecule has 1 fully saturated rings. The van der Waals surface area contributed by atoms with Crippen LogP contribution >= 0.6 is 11.8 Å². The number of aromatic nitrogens is 7. The minimum absolute atomic E-state index is 0.0351. The average molecular weight is 370 g/mol. The van der Waals surface area contributed by atoms with Crippen LogP contribution in [0.25, 0.3) is 0 Å². The topological polar surface area (TPSA) is 103 Å². The Morgan fingerprint density at radius 2 is 2.04 bits per heavy atom. The summed E-state index contributed by atoms with van der Waals surface area (Å²) >= 11 is 1.37. The number of tetrazole rings is 1. The van der Waals surface area contributed by atoms with E-state index in [0.717, 1.165) is 24.0 Å². The van der Waals surface area contributed by atoms with E-state index in [2.05, 4.69) is 30.9 Å². The molecule has 0 aliphatic heterocycles. The van der Waals surface area contributed by atoms with Crippen LogP contribution in [0.4, 0.5) is 0 Å². The first-order chi connectivity index (χ1) is 12.8. The molecule has 1 aliphatic rings.